The van der Waals surface area contributed by atoms with E-state index in [0.717, 1.165) is 17.1 Å². The van der Waals surface area contributed by atoms with Crippen LogP contribution in [0, 0.1) is 18.6 Å². The largest absolute Gasteiger partial charge is 3.00 e. The van der Waals surface area contributed by atoms with Crippen LogP contribution in [-0.4, -0.2) is 29.3 Å². The number of rotatable bonds is 3. The van der Waals surface area contributed by atoms with Crippen LogP contribution in [-0.2, 0) is 20.1 Å². The zero-order chi connectivity index (χ0) is 22.6. The molecule has 168 valence electrons. The summed E-state index contributed by atoms with van der Waals surface area (Å²) in [5.41, 5.74) is 3.12. The Bertz CT molecular complexity index is 1100. The molecule has 3 aromatic heterocycles. The molecule has 34 heavy (non-hydrogen) atoms. The van der Waals surface area contributed by atoms with Gasteiger partial charge in [0.05, 0.1) is 0 Å². The van der Waals surface area contributed by atoms with E-state index in [1.807, 2.05) is 91.0 Å². The van der Waals surface area contributed by atoms with Gasteiger partial charge in [0.1, 0.15) is 0 Å². The van der Waals surface area contributed by atoms with Crippen molar-refractivity contribution >= 4 is 0 Å². The fraction of sp³-hybridized carbons (Fsp3) is 0. The summed E-state index contributed by atoms with van der Waals surface area (Å²) in [5, 5.41) is 12.1. The maximum atomic E-state index is 4.05. The molecule has 0 bridgehead atoms. The number of hydrogen-bond donors (Lipinski definition) is 0. The number of para-hydroxylation sites is 3. The van der Waals surface area contributed by atoms with E-state index in [1.54, 1.807) is 50.8 Å². The first kappa shape index (κ1) is 24.6. The van der Waals surface area contributed by atoms with Gasteiger partial charge in [-0.3, -0.25) is 15.3 Å². The molecule has 3 aromatic carbocycles. The molecule has 0 aliphatic carbocycles. The van der Waals surface area contributed by atoms with Gasteiger partial charge >= 0.3 is 20.1 Å². The van der Waals surface area contributed by atoms with Crippen LogP contribution in [0.2, 0.25) is 0 Å². The number of hydrogen-bond acceptors (Lipinski definition) is 3. The molecule has 0 spiro atoms. The number of aromatic nitrogens is 6. The van der Waals surface area contributed by atoms with Crippen molar-refractivity contribution in [2.24, 2.45) is 0 Å². The Morgan fingerprint density at radius 3 is 0.882 bits per heavy atom. The third-order valence-electron chi connectivity index (χ3n) is 4.36. The molecule has 0 N–H and O–H groups in total. The summed E-state index contributed by atoms with van der Waals surface area (Å²) in [5.74, 6) is 0. The van der Waals surface area contributed by atoms with Crippen LogP contribution in [0.15, 0.2) is 128 Å². The summed E-state index contributed by atoms with van der Waals surface area (Å²) < 4.78 is 5.12. The van der Waals surface area contributed by atoms with Crippen LogP contribution < -0.4 is 0 Å². The first-order valence-electron chi connectivity index (χ1n) is 10.3. The zero-order valence-electron chi connectivity index (χ0n) is 18.1. The third kappa shape index (κ3) is 7.23. The van der Waals surface area contributed by atoms with E-state index in [-0.39, 0.29) is 20.1 Å². The second-order valence-corrected chi connectivity index (χ2v) is 6.62. The van der Waals surface area contributed by atoms with E-state index in [4.69, 9.17) is 0 Å². The van der Waals surface area contributed by atoms with Crippen LogP contribution in [0.5, 0.6) is 0 Å². The van der Waals surface area contributed by atoms with Crippen molar-refractivity contribution in [2.75, 3.05) is 0 Å². The molecule has 0 amide bonds. The summed E-state index contributed by atoms with van der Waals surface area (Å²) in [6.45, 7) is 0. The zero-order valence-corrected chi connectivity index (χ0v) is 20.5. The Labute approximate surface area is 212 Å². The molecule has 0 aliphatic heterocycles. The van der Waals surface area contributed by atoms with Crippen molar-refractivity contribution in [3.8, 4) is 17.1 Å². The van der Waals surface area contributed by atoms with Crippen LogP contribution in [0.4, 0.5) is 0 Å². The van der Waals surface area contributed by atoms with Gasteiger partial charge in [0.2, 0.25) is 0 Å². The van der Waals surface area contributed by atoms with Crippen molar-refractivity contribution < 1.29 is 20.1 Å². The minimum atomic E-state index is 0. The van der Waals surface area contributed by atoms with E-state index in [0.29, 0.717) is 0 Å². The predicted octanol–water partition coefficient (Wildman–Crippen LogP) is 5.01. The van der Waals surface area contributed by atoms with Crippen LogP contribution in [0.3, 0.4) is 0 Å². The van der Waals surface area contributed by atoms with E-state index in [1.165, 1.54) is 0 Å². The van der Waals surface area contributed by atoms with E-state index < -0.39 is 0 Å². The Morgan fingerprint density at radius 2 is 0.676 bits per heavy atom. The monoisotopic (exact) mass is 622 g/mol. The summed E-state index contributed by atoms with van der Waals surface area (Å²) in [6, 6.07) is 35.1. The van der Waals surface area contributed by atoms with Gasteiger partial charge in [0.25, 0.3) is 0 Å². The van der Waals surface area contributed by atoms with Crippen molar-refractivity contribution in [1.82, 2.24) is 29.3 Å². The Morgan fingerprint density at radius 1 is 0.412 bits per heavy atom. The fourth-order valence-corrected chi connectivity index (χ4v) is 2.84. The standard InChI is InChI=1S/3C9H7N2.Ir/c3*1-2-5-9(6-3-1)11-8-4-7-10-11;/h3*1-7H;/q3*-1;+3. The van der Waals surface area contributed by atoms with Gasteiger partial charge in [-0.05, 0) is 17.1 Å². The van der Waals surface area contributed by atoms with Gasteiger partial charge in [-0.1, -0.05) is 128 Å². The molecule has 0 radical (unpaired) electrons. The Kier molecular flexibility index (Phi) is 9.74. The molecule has 6 rings (SSSR count). The summed E-state index contributed by atoms with van der Waals surface area (Å²) in [6.07, 6.45) is 14.0. The number of nitrogens with zero attached hydrogens (tertiary/aromatic N) is 6. The average Bonchev–Trinajstić information content (AvgIpc) is 3.70. The SMILES string of the molecule is [Ir+3].[c-]1ccnn1-c1ccccc1.[c-]1ccnn1-c1ccccc1.[c-]1ccnn1-c1ccccc1. The second kappa shape index (κ2) is 13.5. The summed E-state index contributed by atoms with van der Waals surface area (Å²) in [4.78, 5) is 0. The third-order valence-corrected chi connectivity index (χ3v) is 4.36. The molecular formula is C27H21IrN6. The minimum Gasteiger partial charge on any atom is -0.360 e. The molecule has 0 aliphatic rings. The average molecular weight is 622 g/mol. The summed E-state index contributed by atoms with van der Waals surface area (Å²) in [7, 11) is 0. The van der Waals surface area contributed by atoms with Gasteiger partial charge < -0.3 is 14.0 Å². The predicted molar refractivity (Wildman–Crippen MR) is 127 cm³/mol. The van der Waals surface area contributed by atoms with Gasteiger partial charge in [-0.15, -0.1) is 18.2 Å². The van der Waals surface area contributed by atoms with Gasteiger partial charge in [0.15, 0.2) is 0 Å². The molecule has 3 heterocycles. The van der Waals surface area contributed by atoms with Crippen LogP contribution in [0.1, 0.15) is 0 Å². The van der Waals surface area contributed by atoms with Crippen molar-refractivity contribution in [3.63, 3.8) is 0 Å². The maximum Gasteiger partial charge on any atom is 3.00 e. The molecule has 0 fully saturated rings. The van der Waals surface area contributed by atoms with Gasteiger partial charge in [-0.2, -0.15) is 0 Å². The molecule has 0 saturated carbocycles. The fourth-order valence-electron chi connectivity index (χ4n) is 2.84. The number of benzene rings is 3. The van der Waals surface area contributed by atoms with Gasteiger partial charge in [-0.25, -0.2) is 0 Å². The first-order chi connectivity index (χ1) is 16.4. The normalized spacial score (nSPS) is 9.53. The molecular weight excluding hydrogens is 601 g/mol. The van der Waals surface area contributed by atoms with E-state index >= 15 is 0 Å². The van der Waals surface area contributed by atoms with Crippen molar-refractivity contribution in [3.05, 3.63) is 146 Å². The van der Waals surface area contributed by atoms with E-state index in [2.05, 4.69) is 33.9 Å². The van der Waals surface area contributed by atoms with Crippen molar-refractivity contribution in [2.45, 2.75) is 0 Å². The molecule has 6 nitrogen and oxygen atoms in total. The smallest absolute Gasteiger partial charge is 0.360 e. The minimum absolute atomic E-state index is 0. The molecule has 7 heteroatoms. The van der Waals surface area contributed by atoms with Crippen LogP contribution >= 0.6 is 0 Å². The molecule has 0 unspecified atom stereocenters. The first-order valence-corrected chi connectivity index (χ1v) is 10.3. The topological polar surface area (TPSA) is 53.5 Å². The van der Waals surface area contributed by atoms with E-state index in [9.17, 15) is 0 Å². The van der Waals surface area contributed by atoms with Crippen molar-refractivity contribution in [1.29, 1.82) is 0 Å². The molecule has 0 saturated heterocycles. The second-order valence-electron chi connectivity index (χ2n) is 6.62. The van der Waals surface area contributed by atoms with Crippen LogP contribution in [0.25, 0.3) is 17.1 Å². The summed E-state index contributed by atoms with van der Waals surface area (Å²) >= 11 is 0. The molecule has 6 aromatic rings. The quantitative estimate of drug-likeness (QED) is 0.261. The van der Waals surface area contributed by atoms with Gasteiger partial charge in [0, 0.05) is 0 Å². The Hall–Kier alpha value is -4.06. The maximum absolute atomic E-state index is 4.05. The molecule has 0 atom stereocenters. The Balaban J connectivity index is 0.000000141.